The molecule has 24 heavy (non-hydrogen) atoms. The number of hydrogen-bond acceptors (Lipinski definition) is 2. The number of urea groups is 1. The van der Waals surface area contributed by atoms with Crippen molar-refractivity contribution in [1.82, 2.24) is 10.3 Å². The van der Waals surface area contributed by atoms with Gasteiger partial charge in [0.25, 0.3) is 0 Å². The molecule has 0 radical (unpaired) electrons. The first kappa shape index (κ1) is 17.8. The smallest absolute Gasteiger partial charge is 0.338 e. The molecule has 2 amide bonds. The van der Waals surface area contributed by atoms with Gasteiger partial charge in [0.2, 0.25) is 0 Å². The van der Waals surface area contributed by atoms with Gasteiger partial charge >= 0.3 is 12.2 Å². The van der Waals surface area contributed by atoms with E-state index in [1.54, 1.807) is 12.4 Å². The van der Waals surface area contributed by atoms with Gasteiger partial charge in [0.05, 0.1) is 6.42 Å². The molecule has 0 spiro atoms. The average molecular weight is 337 g/mol. The van der Waals surface area contributed by atoms with E-state index in [1.165, 1.54) is 24.3 Å². The number of amides is 2. The number of nitrogens with one attached hydrogen (secondary N) is 2. The number of halogens is 3. The van der Waals surface area contributed by atoms with E-state index in [-0.39, 0.29) is 5.56 Å². The summed E-state index contributed by atoms with van der Waals surface area (Å²) in [7, 11) is 0. The zero-order chi connectivity index (χ0) is 17.6. The maximum atomic E-state index is 12.3. The van der Waals surface area contributed by atoms with Crippen molar-refractivity contribution in [2.75, 3.05) is 11.9 Å². The van der Waals surface area contributed by atoms with Crippen LogP contribution in [0.4, 0.5) is 23.7 Å². The van der Waals surface area contributed by atoms with Crippen LogP contribution in [0.15, 0.2) is 42.7 Å². The Kier molecular flexibility index (Phi) is 5.78. The van der Waals surface area contributed by atoms with E-state index in [9.17, 15) is 18.0 Å². The van der Waals surface area contributed by atoms with E-state index >= 15 is 0 Å². The van der Waals surface area contributed by atoms with Crippen LogP contribution >= 0.6 is 0 Å². The Balaban J connectivity index is 1.79. The lowest BCUT2D eigenvalue weighted by atomic mass is 10.1. The van der Waals surface area contributed by atoms with Crippen LogP contribution in [0.5, 0.6) is 0 Å². The lowest BCUT2D eigenvalue weighted by Crippen LogP contribution is -2.30. The van der Waals surface area contributed by atoms with Crippen molar-refractivity contribution in [3.8, 4) is 0 Å². The normalized spacial score (nSPS) is 11.2. The highest BCUT2D eigenvalue weighted by Crippen LogP contribution is 2.22. The van der Waals surface area contributed by atoms with E-state index < -0.39 is 18.6 Å². The highest BCUT2D eigenvalue weighted by molar-refractivity contribution is 5.89. The topological polar surface area (TPSA) is 54.0 Å². The summed E-state index contributed by atoms with van der Waals surface area (Å²) in [6.07, 6.45) is -1.09. The molecule has 1 aromatic heterocycles. The molecule has 7 heteroatoms. The molecule has 0 atom stereocenters. The first-order valence-corrected chi connectivity index (χ1v) is 7.43. The monoisotopic (exact) mass is 337 g/mol. The molecule has 2 N–H and O–H groups in total. The molecular weight excluding hydrogens is 319 g/mol. The number of alkyl halides is 3. The van der Waals surface area contributed by atoms with E-state index in [4.69, 9.17) is 0 Å². The Hall–Kier alpha value is -2.57. The number of hydrogen-bond donors (Lipinski definition) is 2. The Morgan fingerprint density at radius 3 is 2.50 bits per heavy atom. The third kappa shape index (κ3) is 5.91. The van der Waals surface area contributed by atoms with Gasteiger partial charge in [0.15, 0.2) is 0 Å². The largest absolute Gasteiger partial charge is 0.393 e. The fourth-order valence-electron chi connectivity index (χ4n) is 2.21. The number of carbonyl (C=O) groups is 1. The average Bonchev–Trinajstić information content (AvgIpc) is 2.50. The molecule has 0 aliphatic rings. The molecule has 2 aromatic rings. The van der Waals surface area contributed by atoms with Crippen LogP contribution in [0.3, 0.4) is 0 Å². The fourth-order valence-corrected chi connectivity index (χ4v) is 2.21. The van der Waals surface area contributed by atoms with Crippen LogP contribution in [0.25, 0.3) is 0 Å². The lowest BCUT2D eigenvalue weighted by Gasteiger charge is -2.10. The third-order valence-corrected chi connectivity index (χ3v) is 3.43. The summed E-state index contributed by atoms with van der Waals surface area (Å²) in [5, 5.41) is 5.30. The number of anilines is 1. The second kappa shape index (κ2) is 7.81. The molecule has 0 aliphatic heterocycles. The van der Waals surface area contributed by atoms with E-state index in [0.717, 1.165) is 11.1 Å². The quantitative estimate of drug-likeness (QED) is 0.870. The first-order chi connectivity index (χ1) is 11.3. The molecule has 0 aliphatic carbocycles. The van der Waals surface area contributed by atoms with Crippen LogP contribution in [0.1, 0.15) is 16.7 Å². The molecule has 1 aromatic carbocycles. The van der Waals surface area contributed by atoms with Crippen LogP contribution in [0.2, 0.25) is 0 Å². The second-order valence-electron chi connectivity index (χ2n) is 5.42. The van der Waals surface area contributed by atoms with Gasteiger partial charge < -0.3 is 10.6 Å². The molecule has 1 heterocycles. The minimum atomic E-state index is -4.24. The fraction of sp³-hybridized carbons (Fsp3) is 0.294. The SMILES string of the molecule is Cc1cnccc1CCNC(=O)Nc1ccc(CC(F)(F)F)cc1. The minimum absolute atomic E-state index is 0.154. The van der Waals surface area contributed by atoms with Crippen LogP contribution < -0.4 is 10.6 Å². The van der Waals surface area contributed by atoms with Crippen molar-refractivity contribution in [2.45, 2.75) is 25.9 Å². The van der Waals surface area contributed by atoms with Crippen molar-refractivity contribution in [3.63, 3.8) is 0 Å². The molecular formula is C17H18F3N3O. The summed E-state index contributed by atoms with van der Waals surface area (Å²) in [4.78, 5) is 15.8. The van der Waals surface area contributed by atoms with Crippen LogP contribution in [0, 0.1) is 6.92 Å². The van der Waals surface area contributed by atoms with Crippen molar-refractivity contribution in [3.05, 3.63) is 59.4 Å². The van der Waals surface area contributed by atoms with Crippen LogP contribution in [-0.2, 0) is 12.8 Å². The minimum Gasteiger partial charge on any atom is -0.338 e. The number of pyridine rings is 1. The van der Waals surface area contributed by atoms with Crippen molar-refractivity contribution in [1.29, 1.82) is 0 Å². The third-order valence-electron chi connectivity index (χ3n) is 3.43. The van der Waals surface area contributed by atoms with Gasteiger partial charge in [-0.05, 0) is 48.2 Å². The number of aromatic nitrogens is 1. The first-order valence-electron chi connectivity index (χ1n) is 7.43. The molecule has 0 saturated heterocycles. The zero-order valence-electron chi connectivity index (χ0n) is 13.2. The lowest BCUT2D eigenvalue weighted by molar-refractivity contribution is -0.127. The Morgan fingerprint density at radius 2 is 1.88 bits per heavy atom. The van der Waals surface area contributed by atoms with Gasteiger partial charge in [0, 0.05) is 24.6 Å². The maximum absolute atomic E-state index is 12.3. The van der Waals surface area contributed by atoms with E-state index in [1.807, 2.05) is 13.0 Å². The van der Waals surface area contributed by atoms with Gasteiger partial charge in [0.1, 0.15) is 0 Å². The molecule has 0 unspecified atom stereocenters. The van der Waals surface area contributed by atoms with Crippen molar-refractivity contribution >= 4 is 11.7 Å². The highest BCUT2D eigenvalue weighted by atomic mass is 19.4. The summed E-state index contributed by atoms with van der Waals surface area (Å²) >= 11 is 0. The number of nitrogens with zero attached hydrogens (tertiary/aromatic N) is 1. The van der Waals surface area contributed by atoms with Gasteiger partial charge in [-0.3, -0.25) is 4.98 Å². The van der Waals surface area contributed by atoms with E-state index in [0.29, 0.717) is 18.7 Å². The Morgan fingerprint density at radius 1 is 1.17 bits per heavy atom. The standard InChI is InChI=1S/C17H18F3N3O/c1-12-11-21-8-6-14(12)7-9-22-16(24)23-15-4-2-13(3-5-15)10-17(18,19)20/h2-6,8,11H,7,9-10H2,1H3,(H2,22,23,24). The zero-order valence-corrected chi connectivity index (χ0v) is 13.2. The number of aryl methyl sites for hydroxylation is 1. The number of rotatable bonds is 5. The molecule has 2 rings (SSSR count). The molecule has 4 nitrogen and oxygen atoms in total. The Labute approximate surface area is 138 Å². The molecule has 0 bridgehead atoms. The number of carbonyl (C=O) groups excluding carboxylic acids is 1. The van der Waals surface area contributed by atoms with Crippen molar-refractivity contribution in [2.24, 2.45) is 0 Å². The van der Waals surface area contributed by atoms with Crippen LogP contribution in [-0.4, -0.2) is 23.7 Å². The van der Waals surface area contributed by atoms with Crippen molar-refractivity contribution < 1.29 is 18.0 Å². The van der Waals surface area contributed by atoms with Gasteiger partial charge in [-0.15, -0.1) is 0 Å². The summed E-state index contributed by atoms with van der Waals surface area (Å²) in [5.74, 6) is 0. The van der Waals surface area contributed by atoms with Gasteiger partial charge in [-0.25, -0.2) is 4.79 Å². The molecule has 128 valence electrons. The molecule has 0 fully saturated rings. The summed E-state index contributed by atoms with van der Waals surface area (Å²) in [5.41, 5.74) is 2.75. The summed E-state index contributed by atoms with van der Waals surface area (Å²) in [6, 6.07) is 7.10. The predicted molar refractivity (Wildman–Crippen MR) is 85.9 cm³/mol. The summed E-state index contributed by atoms with van der Waals surface area (Å²) in [6.45, 7) is 2.40. The van der Waals surface area contributed by atoms with E-state index in [2.05, 4.69) is 15.6 Å². The van der Waals surface area contributed by atoms with Gasteiger partial charge in [-0.2, -0.15) is 13.2 Å². The van der Waals surface area contributed by atoms with Gasteiger partial charge in [-0.1, -0.05) is 12.1 Å². The molecule has 0 saturated carbocycles. The second-order valence-corrected chi connectivity index (χ2v) is 5.42. The highest BCUT2D eigenvalue weighted by Gasteiger charge is 2.27. The maximum Gasteiger partial charge on any atom is 0.393 e. The summed E-state index contributed by atoms with van der Waals surface area (Å²) < 4.78 is 36.8. The number of benzene rings is 1. The predicted octanol–water partition coefficient (Wildman–Crippen LogP) is 3.86. The Bertz CT molecular complexity index is 684.